The Morgan fingerprint density at radius 2 is 1.90 bits per heavy atom. The van der Waals surface area contributed by atoms with Crippen molar-refractivity contribution in [3.05, 3.63) is 59.9 Å². The summed E-state index contributed by atoms with van der Waals surface area (Å²) in [4.78, 5) is 4.04. The topological polar surface area (TPSA) is 34.1 Å². The molecule has 0 spiro atoms. The van der Waals surface area contributed by atoms with Gasteiger partial charge in [0.1, 0.15) is 11.4 Å². The van der Waals surface area contributed by atoms with E-state index in [0.717, 1.165) is 18.7 Å². The number of pyridine rings is 1. The molecule has 0 bridgehead atoms. The molecule has 0 saturated heterocycles. The number of aromatic nitrogens is 1. The van der Waals surface area contributed by atoms with Gasteiger partial charge in [0.05, 0.1) is 6.04 Å². The molecule has 1 atom stereocenters. The van der Waals surface area contributed by atoms with E-state index in [1.54, 1.807) is 0 Å². The van der Waals surface area contributed by atoms with Gasteiger partial charge in [-0.1, -0.05) is 18.2 Å². The minimum atomic E-state index is -0.206. The van der Waals surface area contributed by atoms with Gasteiger partial charge in [-0.2, -0.15) is 0 Å². The van der Waals surface area contributed by atoms with E-state index < -0.39 is 0 Å². The minimum absolute atomic E-state index is 0.206. The first-order valence-corrected chi connectivity index (χ1v) is 7.07. The summed E-state index contributed by atoms with van der Waals surface area (Å²) >= 11 is 0. The molecule has 3 heteroatoms. The van der Waals surface area contributed by atoms with E-state index in [1.165, 1.54) is 11.1 Å². The average Bonchev–Trinajstić information content (AvgIpc) is 2.71. The van der Waals surface area contributed by atoms with Gasteiger partial charge in [0.25, 0.3) is 0 Å². The summed E-state index contributed by atoms with van der Waals surface area (Å²) in [6.07, 6.45) is 4.68. The molecule has 0 fully saturated rings. The summed E-state index contributed by atoms with van der Waals surface area (Å²) in [5, 5.41) is 3.63. The maximum atomic E-state index is 6.04. The van der Waals surface area contributed by atoms with Crippen molar-refractivity contribution in [1.82, 2.24) is 10.3 Å². The summed E-state index contributed by atoms with van der Waals surface area (Å²) in [5.41, 5.74) is 2.35. The molecule has 3 nitrogen and oxygen atoms in total. The number of hydrogen-bond donors (Lipinski definition) is 1. The van der Waals surface area contributed by atoms with Crippen molar-refractivity contribution in [2.24, 2.45) is 0 Å². The molecule has 0 radical (unpaired) electrons. The van der Waals surface area contributed by atoms with Crippen molar-refractivity contribution in [3.8, 4) is 5.75 Å². The van der Waals surface area contributed by atoms with Crippen LogP contribution in [0.15, 0.2) is 48.8 Å². The van der Waals surface area contributed by atoms with Gasteiger partial charge in [-0.3, -0.25) is 4.98 Å². The Hall–Kier alpha value is -1.87. The van der Waals surface area contributed by atoms with Crippen molar-refractivity contribution in [1.29, 1.82) is 0 Å². The number of ether oxygens (including phenoxy) is 1. The molecular weight excluding hydrogens is 248 g/mol. The molecule has 2 heterocycles. The van der Waals surface area contributed by atoms with Crippen molar-refractivity contribution in [2.45, 2.75) is 31.9 Å². The van der Waals surface area contributed by atoms with Gasteiger partial charge in [0, 0.05) is 18.0 Å². The first-order chi connectivity index (χ1) is 9.67. The molecule has 1 N–H and O–H groups in total. The van der Waals surface area contributed by atoms with Gasteiger partial charge < -0.3 is 10.1 Å². The average molecular weight is 268 g/mol. The van der Waals surface area contributed by atoms with Crippen LogP contribution >= 0.6 is 0 Å². The van der Waals surface area contributed by atoms with Crippen LogP contribution in [0.3, 0.4) is 0 Å². The molecule has 1 aliphatic heterocycles. The maximum absolute atomic E-state index is 6.04. The fraction of sp³-hybridized carbons (Fsp3) is 0.353. The summed E-state index contributed by atoms with van der Waals surface area (Å²) in [6.45, 7) is 5.20. The van der Waals surface area contributed by atoms with Crippen LogP contribution < -0.4 is 10.1 Å². The second-order valence-electron chi connectivity index (χ2n) is 5.74. The quantitative estimate of drug-likeness (QED) is 0.925. The fourth-order valence-corrected chi connectivity index (χ4v) is 2.79. The molecule has 0 saturated carbocycles. The lowest BCUT2D eigenvalue weighted by molar-refractivity contribution is 0.0968. The Bertz CT molecular complexity index is 581. The molecule has 20 heavy (non-hydrogen) atoms. The van der Waals surface area contributed by atoms with Crippen LogP contribution in [0.25, 0.3) is 0 Å². The zero-order chi connectivity index (χ0) is 14.0. The van der Waals surface area contributed by atoms with Crippen LogP contribution in [0.1, 0.15) is 31.0 Å². The fourth-order valence-electron chi connectivity index (χ4n) is 2.79. The maximum Gasteiger partial charge on any atom is 0.125 e. The Labute approximate surface area is 120 Å². The number of rotatable bonds is 4. The summed E-state index contributed by atoms with van der Waals surface area (Å²) in [5.74, 6) is 0.999. The SMILES string of the molecule is CC1(C)Oc2ccccc2C1NCCc1ccncc1. The number of fused-ring (bicyclic) bond motifs is 1. The van der Waals surface area contributed by atoms with Gasteiger partial charge in [-0.15, -0.1) is 0 Å². The monoisotopic (exact) mass is 268 g/mol. The molecule has 2 aromatic rings. The Kier molecular flexibility index (Phi) is 3.45. The molecule has 0 amide bonds. The largest absolute Gasteiger partial charge is 0.486 e. The molecule has 1 aromatic carbocycles. The van der Waals surface area contributed by atoms with Gasteiger partial charge >= 0.3 is 0 Å². The van der Waals surface area contributed by atoms with Crippen LogP contribution in [0.4, 0.5) is 0 Å². The van der Waals surface area contributed by atoms with Gasteiger partial charge in [-0.25, -0.2) is 0 Å². The van der Waals surface area contributed by atoms with Crippen molar-refractivity contribution in [3.63, 3.8) is 0 Å². The smallest absolute Gasteiger partial charge is 0.125 e. The molecular formula is C17H20N2O. The molecule has 0 aliphatic carbocycles. The highest BCUT2D eigenvalue weighted by atomic mass is 16.5. The predicted molar refractivity (Wildman–Crippen MR) is 79.8 cm³/mol. The Morgan fingerprint density at radius 1 is 1.15 bits per heavy atom. The van der Waals surface area contributed by atoms with Gasteiger partial charge in [0.2, 0.25) is 0 Å². The molecule has 3 rings (SSSR count). The Morgan fingerprint density at radius 3 is 2.70 bits per heavy atom. The van der Waals surface area contributed by atoms with E-state index in [4.69, 9.17) is 4.74 Å². The summed E-state index contributed by atoms with van der Waals surface area (Å²) in [6, 6.07) is 12.6. The highest BCUT2D eigenvalue weighted by Gasteiger charge is 2.40. The van der Waals surface area contributed by atoms with Gasteiger partial charge in [-0.05, 0) is 50.6 Å². The van der Waals surface area contributed by atoms with Crippen LogP contribution in [0, 0.1) is 0 Å². The molecule has 1 aromatic heterocycles. The first kappa shape index (κ1) is 13.1. The number of nitrogens with zero attached hydrogens (tertiary/aromatic N) is 1. The number of hydrogen-bond acceptors (Lipinski definition) is 3. The molecule has 1 aliphatic rings. The van der Waals surface area contributed by atoms with Crippen LogP contribution in [-0.2, 0) is 6.42 Å². The van der Waals surface area contributed by atoms with E-state index in [-0.39, 0.29) is 11.6 Å². The van der Waals surface area contributed by atoms with E-state index in [1.807, 2.05) is 24.5 Å². The number of nitrogens with one attached hydrogen (secondary N) is 1. The van der Waals surface area contributed by atoms with Crippen LogP contribution in [0.5, 0.6) is 5.75 Å². The third-order valence-corrected chi connectivity index (χ3v) is 3.81. The van der Waals surface area contributed by atoms with Crippen LogP contribution in [0.2, 0.25) is 0 Å². The minimum Gasteiger partial charge on any atom is -0.486 e. The lowest BCUT2D eigenvalue weighted by atomic mass is 9.94. The zero-order valence-electron chi connectivity index (χ0n) is 12.0. The second-order valence-corrected chi connectivity index (χ2v) is 5.74. The van der Waals surface area contributed by atoms with E-state index in [2.05, 4.69) is 48.4 Å². The molecule has 104 valence electrons. The van der Waals surface area contributed by atoms with E-state index in [9.17, 15) is 0 Å². The predicted octanol–water partition coefficient (Wildman–Crippen LogP) is 3.13. The molecule has 1 unspecified atom stereocenters. The summed E-state index contributed by atoms with van der Waals surface area (Å²) < 4.78 is 6.04. The second kappa shape index (κ2) is 5.25. The van der Waals surface area contributed by atoms with Crippen molar-refractivity contribution < 1.29 is 4.74 Å². The van der Waals surface area contributed by atoms with E-state index >= 15 is 0 Å². The van der Waals surface area contributed by atoms with Crippen molar-refractivity contribution in [2.75, 3.05) is 6.54 Å². The highest BCUT2D eigenvalue weighted by Crippen LogP contribution is 2.42. The summed E-state index contributed by atoms with van der Waals surface area (Å²) in [7, 11) is 0. The highest BCUT2D eigenvalue weighted by molar-refractivity contribution is 5.42. The lowest BCUT2D eigenvalue weighted by Gasteiger charge is -2.27. The Balaban J connectivity index is 1.67. The number of benzene rings is 1. The van der Waals surface area contributed by atoms with E-state index in [0.29, 0.717) is 0 Å². The standard InChI is InChI=1S/C17H20N2O/c1-17(2)16(14-5-3-4-6-15(14)20-17)19-12-9-13-7-10-18-11-8-13/h3-8,10-11,16,19H,9,12H2,1-2H3. The third kappa shape index (κ3) is 2.54. The first-order valence-electron chi connectivity index (χ1n) is 7.07. The normalized spacial score (nSPS) is 19.4. The third-order valence-electron chi connectivity index (χ3n) is 3.81. The van der Waals surface area contributed by atoms with Crippen LogP contribution in [-0.4, -0.2) is 17.1 Å². The number of para-hydroxylation sites is 1. The zero-order valence-corrected chi connectivity index (χ0v) is 12.0. The van der Waals surface area contributed by atoms with Crippen molar-refractivity contribution >= 4 is 0 Å². The lowest BCUT2D eigenvalue weighted by Crippen LogP contribution is -2.39. The van der Waals surface area contributed by atoms with Gasteiger partial charge in [0.15, 0.2) is 0 Å².